The largest absolute Gasteiger partial charge is 0.545 e. The molecular weight excluding hydrogens is 372 g/mol. The van der Waals surface area contributed by atoms with E-state index >= 15 is 0 Å². The number of nitrogens with zero attached hydrogens (tertiary/aromatic N) is 4. The van der Waals surface area contributed by atoms with Crippen LogP contribution in [-0.4, -0.2) is 29.1 Å². The normalized spacial score (nSPS) is 17.8. The smallest absolute Gasteiger partial charge is 0.295 e. The van der Waals surface area contributed by atoms with E-state index in [0.717, 1.165) is 16.7 Å². The van der Waals surface area contributed by atoms with E-state index < -0.39 is 8.32 Å². The van der Waals surface area contributed by atoms with Gasteiger partial charge < -0.3 is 9.33 Å². The molecule has 1 aliphatic heterocycles. The summed E-state index contributed by atoms with van der Waals surface area (Å²) in [6, 6.07) is 3.27. The number of hydrogen-bond acceptors (Lipinski definition) is 5. The summed E-state index contributed by atoms with van der Waals surface area (Å²) in [5.74, 6) is 0.842. The molecule has 0 fully saturated rings. The van der Waals surface area contributed by atoms with Gasteiger partial charge in [0, 0.05) is 24.7 Å². The van der Waals surface area contributed by atoms with E-state index in [-0.39, 0.29) is 21.7 Å². The third-order valence-corrected chi connectivity index (χ3v) is 10.2. The highest BCUT2D eigenvalue weighted by molar-refractivity contribution is 6.74. The van der Waals surface area contributed by atoms with Gasteiger partial charge in [-0.05, 0) is 43.3 Å². The van der Waals surface area contributed by atoms with Crippen molar-refractivity contribution < 1.29 is 9.35 Å². The first-order valence-corrected chi connectivity index (χ1v) is 12.3. The second kappa shape index (κ2) is 6.77. The van der Waals surface area contributed by atoms with Crippen molar-refractivity contribution in [2.75, 3.05) is 4.90 Å². The fraction of sp³-hybridized carbons (Fsp3) is 0.450. The van der Waals surface area contributed by atoms with Gasteiger partial charge >= 0.3 is 0 Å². The number of fused-ring (bicyclic) bond motifs is 1. The highest BCUT2D eigenvalue weighted by Gasteiger charge is 2.41. The zero-order chi connectivity index (χ0) is 20.9. The molecule has 1 aromatic heterocycles. The number of anilines is 1. The average molecular weight is 401 g/mol. The minimum absolute atomic E-state index is 0.0566. The van der Waals surface area contributed by atoms with Crippen LogP contribution in [0.2, 0.25) is 18.1 Å². The molecule has 8 heteroatoms. The minimum atomic E-state index is -2.02. The fourth-order valence-corrected chi connectivity index (χ4v) is 4.16. The Morgan fingerprint density at radius 2 is 1.96 bits per heavy atom. The monoisotopic (exact) mass is 400 g/mol. The van der Waals surface area contributed by atoms with Crippen LogP contribution in [0, 0.1) is 10.1 Å². The molecule has 0 saturated carbocycles. The summed E-state index contributed by atoms with van der Waals surface area (Å²) in [5, 5.41) is 16.9. The Morgan fingerprint density at radius 3 is 2.57 bits per heavy atom. The number of hydrogen-bond donors (Lipinski definition) is 0. The Morgan fingerprint density at radius 1 is 1.29 bits per heavy atom. The van der Waals surface area contributed by atoms with Crippen LogP contribution in [0.4, 0.5) is 11.4 Å². The number of rotatable bonds is 4. The molecule has 0 spiro atoms. The van der Waals surface area contributed by atoms with E-state index in [1.54, 1.807) is 24.0 Å². The molecule has 150 valence electrons. The Hall–Kier alpha value is -2.61. The number of nitro benzene ring substituents is 1. The number of benzene rings is 1. The van der Waals surface area contributed by atoms with Crippen molar-refractivity contribution in [1.29, 1.82) is 0 Å². The van der Waals surface area contributed by atoms with Crippen molar-refractivity contribution in [2.24, 2.45) is 7.05 Å². The number of aryl methyl sites for hydroxylation is 1. The van der Waals surface area contributed by atoms with Gasteiger partial charge in [-0.3, -0.25) is 14.8 Å². The lowest BCUT2D eigenvalue weighted by molar-refractivity contribution is -0.384. The van der Waals surface area contributed by atoms with E-state index in [0.29, 0.717) is 5.69 Å². The zero-order valence-corrected chi connectivity index (χ0v) is 18.6. The molecule has 1 atom stereocenters. The van der Waals surface area contributed by atoms with Gasteiger partial charge in [0.1, 0.15) is 11.4 Å². The first kappa shape index (κ1) is 20.1. The molecule has 0 radical (unpaired) electrons. The number of nitro groups is 1. The van der Waals surface area contributed by atoms with E-state index in [2.05, 4.69) is 39.0 Å². The standard InChI is InChI=1S/C20H28N4O3Si/c1-14-19(27-28(6,7)20(2,3)4)9-8-10-23(14)17-11-15-13-21-22(5)16(15)12-18(17)24(25)26/h8-14H,1-7H3. The molecule has 1 unspecified atom stereocenters. The van der Waals surface area contributed by atoms with E-state index in [4.69, 9.17) is 4.43 Å². The Bertz CT molecular complexity index is 985. The lowest BCUT2D eigenvalue weighted by atomic mass is 10.1. The summed E-state index contributed by atoms with van der Waals surface area (Å²) in [6.45, 7) is 13.0. The molecule has 1 aliphatic rings. The average Bonchev–Trinajstić information content (AvgIpc) is 2.95. The van der Waals surface area contributed by atoms with Crippen molar-refractivity contribution in [3.63, 3.8) is 0 Å². The van der Waals surface area contributed by atoms with Gasteiger partial charge in [0.05, 0.1) is 22.7 Å². The van der Waals surface area contributed by atoms with Crippen LogP contribution in [0.1, 0.15) is 27.7 Å². The molecule has 0 saturated heterocycles. The van der Waals surface area contributed by atoms with Gasteiger partial charge in [-0.1, -0.05) is 20.8 Å². The highest BCUT2D eigenvalue weighted by atomic mass is 28.4. The van der Waals surface area contributed by atoms with Crippen LogP contribution >= 0.6 is 0 Å². The van der Waals surface area contributed by atoms with Gasteiger partial charge in [0.2, 0.25) is 8.32 Å². The van der Waals surface area contributed by atoms with Crippen LogP contribution < -0.4 is 4.90 Å². The predicted octanol–water partition coefficient (Wildman–Crippen LogP) is 5.11. The van der Waals surface area contributed by atoms with Gasteiger partial charge in [0.15, 0.2) is 0 Å². The summed E-state index contributed by atoms with van der Waals surface area (Å²) >= 11 is 0. The van der Waals surface area contributed by atoms with Gasteiger partial charge in [-0.2, -0.15) is 5.10 Å². The van der Waals surface area contributed by atoms with Crippen LogP contribution in [-0.2, 0) is 11.5 Å². The van der Waals surface area contributed by atoms with Crippen LogP contribution in [0.15, 0.2) is 42.4 Å². The fourth-order valence-electron chi connectivity index (χ4n) is 3.02. The van der Waals surface area contributed by atoms with E-state index in [9.17, 15) is 10.1 Å². The van der Waals surface area contributed by atoms with Gasteiger partial charge in [0.25, 0.3) is 5.69 Å². The predicted molar refractivity (Wildman–Crippen MR) is 115 cm³/mol. The van der Waals surface area contributed by atoms with Crippen LogP contribution in [0.25, 0.3) is 10.9 Å². The van der Waals surface area contributed by atoms with Crippen molar-refractivity contribution in [3.05, 3.63) is 52.6 Å². The SMILES string of the molecule is CC1C(O[Si](C)(C)C(C)(C)C)=CC=CN1c1cc2cnn(C)c2cc1[N+](=O)[O-]. The topological polar surface area (TPSA) is 73.4 Å². The zero-order valence-electron chi connectivity index (χ0n) is 17.6. The lowest BCUT2D eigenvalue weighted by Gasteiger charge is -2.41. The molecule has 7 nitrogen and oxygen atoms in total. The molecule has 0 amide bonds. The second-order valence-electron chi connectivity index (χ2n) is 8.78. The quantitative estimate of drug-likeness (QED) is 0.405. The summed E-state index contributed by atoms with van der Waals surface area (Å²) in [4.78, 5) is 13.3. The number of allylic oxidation sites excluding steroid dienone is 2. The second-order valence-corrected chi connectivity index (χ2v) is 13.5. The Balaban J connectivity index is 2.01. The van der Waals surface area contributed by atoms with Crippen LogP contribution in [0.3, 0.4) is 0 Å². The summed E-state index contributed by atoms with van der Waals surface area (Å²) in [6.07, 6.45) is 7.45. The van der Waals surface area contributed by atoms with Crippen molar-refractivity contribution >= 4 is 30.6 Å². The van der Waals surface area contributed by atoms with E-state index in [1.165, 1.54) is 0 Å². The molecule has 0 aliphatic carbocycles. The Labute approximate surface area is 166 Å². The van der Waals surface area contributed by atoms with Crippen molar-refractivity contribution in [1.82, 2.24) is 9.78 Å². The van der Waals surface area contributed by atoms with Crippen LogP contribution in [0.5, 0.6) is 0 Å². The molecular formula is C20H28N4O3Si. The molecule has 2 heterocycles. The molecule has 0 bridgehead atoms. The van der Waals surface area contributed by atoms with E-state index in [1.807, 2.05) is 36.2 Å². The lowest BCUT2D eigenvalue weighted by Crippen LogP contribution is -2.44. The molecule has 3 rings (SSSR count). The third kappa shape index (κ3) is 3.44. The third-order valence-electron chi connectivity index (χ3n) is 5.83. The van der Waals surface area contributed by atoms with Gasteiger partial charge in [-0.25, -0.2) is 0 Å². The minimum Gasteiger partial charge on any atom is -0.545 e. The van der Waals surface area contributed by atoms with Crippen molar-refractivity contribution in [3.8, 4) is 0 Å². The molecule has 0 N–H and O–H groups in total. The number of aromatic nitrogens is 2. The maximum atomic E-state index is 11.8. The molecule has 2 aromatic rings. The molecule has 28 heavy (non-hydrogen) atoms. The molecule has 1 aromatic carbocycles. The first-order chi connectivity index (χ1) is 12.9. The maximum Gasteiger partial charge on any atom is 0.295 e. The summed E-state index contributed by atoms with van der Waals surface area (Å²) in [7, 11) is -0.236. The highest BCUT2D eigenvalue weighted by Crippen LogP contribution is 2.41. The Kier molecular flexibility index (Phi) is 4.87. The van der Waals surface area contributed by atoms with Crippen molar-refractivity contribution in [2.45, 2.75) is 51.9 Å². The summed E-state index contributed by atoms with van der Waals surface area (Å²) in [5.41, 5.74) is 1.33. The maximum absolute atomic E-state index is 11.8. The summed E-state index contributed by atoms with van der Waals surface area (Å²) < 4.78 is 8.17. The first-order valence-electron chi connectivity index (χ1n) is 9.38. The van der Waals surface area contributed by atoms with Gasteiger partial charge in [-0.15, -0.1) is 0 Å².